The van der Waals surface area contributed by atoms with Gasteiger partial charge in [0.1, 0.15) is 11.3 Å². The van der Waals surface area contributed by atoms with E-state index in [0.717, 1.165) is 17.8 Å². The monoisotopic (exact) mass is 422 g/mol. The second-order valence-corrected chi connectivity index (χ2v) is 10.2. The topological polar surface area (TPSA) is 63.6 Å². The zero-order chi connectivity index (χ0) is 20.9. The Morgan fingerprint density at radius 3 is 2.23 bits per heavy atom. The molecule has 4 bridgehead atoms. The van der Waals surface area contributed by atoms with Gasteiger partial charge in [0.15, 0.2) is 0 Å². The second-order valence-electron chi connectivity index (χ2n) is 9.30. The molecule has 0 spiro atoms. The van der Waals surface area contributed by atoms with Crippen LogP contribution in [-0.2, 0) is 5.41 Å². The number of ether oxygens (including phenoxy) is 1. The van der Waals surface area contributed by atoms with Crippen LogP contribution in [0, 0.1) is 17.8 Å². The summed E-state index contributed by atoms with van der Waals surface area (Å²) in [5.41, 5.74) is 1.98. The van der Waals surface area contributed by atoms with Crippen molar-refractivity contribution in [1.82, 2.24) is 0 Å². The summed E-state index contributed by atoms with van der Waals surface area (Å²) in [5, 5.41) is 9.36. The molecular formula is C25H26O4S. The van der Waals surface area contributed by atoms with Crippen LogP contribution in [0.3, 0.4) is 0 Å². The number of para-hydroxylation sites is 1. The van der Waals surface area contributed by atoms with E-state index in [1.165, 1.54) is 61.1 Å². The summed E-state index contributed by atoms with van der Waals surface area (Å²) in [4.78, 5) is 25.6. The number of carboxylic acid groups (broad SMARTS) is 1. The predicted octanol–water partition coefficient (Wildman–Crippen LogP) is 5.79. The quantitative estimate of drug-likeness (QED) is 0.375. The van der Waals surface area contributed by atoms with Crippen LogP contribution < -0.4 is 4.74 Å². The molecule has 4 aliphatic rings. The number of hydrogen-bond donors (Lipinski definition) is 1. The molecule has 0 aliphatic heterocycles. The number of carbonyl (C=O) groups excluding carboxylic acids is 1. The van der Waals surface area contributed by atoms with Gasteiger partial charge in [-0.2, -0.15) is 0 Å². The number of rotatable bonds is 5. The first-order valence-corrected chi connectivity index (χ1v) is 11.9. The molecule has 0 heterocycles. The molecular weight excluding hydrogens is 396 g/mol. The van der Waals surface area contributed by atoms with Gasteiger partial charge in [-0.15, -0.1) is 11.8 Å². The fraction of sp³-hybridized carbons (Fsp3) is 0.440. The first-order chi connectivity index (χ1) is 14.5. The van der Waals surface area contributed by atoms with Crippen molar-refractivity contribution in [3.05, 3.63) is 59.2 Å². The Kier molecular flexibility index (Phi) is 4.89. The summed E-state index contributed by atoms with van der Waals surface area (Å²) in [6, 6.07) is 12.1. The summed E-state index contributed by atoms with van der Waals surface area (Å²) in [6.45, 7) is 0. The Morgan fingerprint density at radius 2 is 1.63 bits per heavy atom. The maximum Gasteiger partial charge on any atom is 0.343 e. The third-order valence-electron chi connectivity index (χ3n) is 7.36. The molecule has 1 N–H and O–H groups in total. The van der Waals surface area contributed by atoms with Gasteiger partial charge in [-0.3, -0.25) is 0 Å². The van der Waals surface area contributed by atoms with Crippen molar-refractivity contribution < 1.29 is 19.4 Å². The van der Waals surface area contributed by atoms with Crippen molar-refractivity contribution in [3.8, 4) is 5.75 Å². The number of benzene rings is 2. The van der Waals surface area contributed by atoms with Crippen LogP contribution in [-0.4, -0.2) is 23.3 Å². The number of hydrogen-bond acceptors (Lipinski definition) is 4. The molecule has 2 aromatic rings. The Hall–Kier alpha value is -2.27. The molecule has 0 radical (unpaired) electrons. The Bertz CT molecular complexity index is 977. The van der Waals surface area contributed by atoms with Gasteiger partial charge in [-0.25, -0.2) is 9.59 Å². The highest BCUT2D eigenvalue weighted by Gasteiger charge is 2.52. The maximum atomic E-state index is 12.9. The summed E-state index contributed by atoms with van der Waals surface area (Å²) in [5.74, 6) is 0.949. The molecule has 30 heavy (non-hydrogen) atoms. The zero-order valence-electron chi connectivity index (χ0n) is 17.1. The molecule has 2 aromatic carbocycles. The first kappa shape index (κ1) is 19.7. The lowest BCUT2D eigenvalue weighted by atomic mass is 9.48. The third-order valence-corrected chi connectivity index (χ3v) is 8.16. The number of carbonyl (C=O) groups is 2. The summed E-state index contributed by atoms with van der Waals surface area (Å²) in [7, 11) is 0. The highest BCUT2D eigenvalue weighted by molar-refractivity contribution is 7.98. The molecule has 4 nitrogen and oxygen atoms in total. The van der Waals surface area contributed by atoms with E-state index in [4.69, 9.17) is 4.74 Å². The van der Waals surface area contributed by atoms with Gasteiger partial charge in [0.25, 0.3) is 0 Å². The van der Waals surface area contributed by atoms with Crippen LogP contribution in [0.1, 0.15) is 64.8 Å². The van der Waals surface area contributed by atoms with Crippen molar-refractivity contribution in [2.45, 2.75) is 48.8 Å². The van der Waals surface area contributed by atoms with E-state index in [0.29, 0.717) is 5.56 Å². The lowest BCUT2D eigenvalue weighted by molar-refractivity contribution is -0.00641. The molecule has 0 saturated heterocycles. The van der Waals surface area contributed by atoms with Gasteiger partial charge in [0.05, 0.1) is 5.56 Å². The minimum Gasteiger partial charge on any atom is -0.478 e. The standard InChI is InChI=1S/C25H26O4S/c1-30-22-7-6-18(24(28)29-21-5-3-2-4-19(21)23(26)27)11-20(22)25-12-15-8-16(13-25)10-17(9-15)14-25/h2-7,11,15-17H,8-10,12-14H2,1H3,(H,26,27). The minimum atomic E-state index is -1.11. The summed E-state index contributed by atoms with van der Waals surface area (Å²) >= 11 is 1.75. The molecule has 5 heteroatoms. The highest BCUT2D eigenvalue weighted by Crippen LogP contribution is 2.61. The van der Waals surface area contributed by atoms with Gasteiger partial charge in [-0.05, 0) is 104 Å². The number of aromatic carboxylic acids is 1. The summed E-state index contributed by atoms with van der Waals surface area (Å²) < 4.78 is 5.51. The van der Waals surface area contributed by atoms with E-state index in [9.17, 15) is 14.7 Å². The molecule has 0 atom stereocenters. The van der Waals surface area contributed by atoms with Gasteiger partial charge in [0.2, 0.25) is 0 Å². The number of thioether (sulfide) groups is 1. The van der Waals surface area contributed by atoms with Crippen LogP contribution in [0.25, 0.3) is 0 Å². The van der Waals surface area contributed by atoms with Crippen LogP contribution >= 0.6 is 11.8 Å². The molecule has 156 valence electrons. The predicted molar refractivity (Wildman–Crippen MR) is 116 cm³/mol. The van der Waals surface area contributed by atoms with Crippen LogP contribution in [0.15, 0.2) is 47.4 Å². The Labute approximate surface area is 181 Å². The molecule has 0 amide bonds. The fourth-order valence-corrected chi connectivity index (χ4v) is 7.28. The van der Waals surface area contributed by atoms with Crippen LogP contribution in [0.5, 0.6) is 5.75 Å². The van der Waals surface area contributed by atoms with Crippen molar-refractivity contribution in [2.24, 2.45) is 17.8 Å². The van der Waals surface area contributed by atoms with E-state index in [2.05, 4.69) is 6.26 Å². The maximum absolute atomic E-state index is 12.9. The van der Waals surface area contributed by atoms with Crippen molar-refractivity contribution in [1.29, 1.82) is 0 Å². The fourth-order valence-electron chi connectivity index (χ4n) is 6.58. The van der Waals surface area contributed by atoms with E-state index in [-0.39, 0.29) is 16.7 Å². The lowest BCUT2D eigenvalue weighted by Gasteiger charge is -2.57. The van der Waals surface area contributed by atoms with Crippen molar-refractivity contribution in [3.63, 3.8) is 0 Å². The van der Waals surface area contributed by atoms with Crippen molar-refractivity contribution in [2.75, 3.05) is 6.26 Å². The minimum absolute atomic E-state index is 0.00658. The Balaban J connectivity index is 1.48. The molecule has 4 aliphatic carbocycles. The van der Waals surface area contributed by atoms with Gasteiger partial charge in [0, 0.05) is 4.90 Å². The lowest BCUT2D eigenvalue weighted by Crippen LogP contribution is -2.48. The van der Waals surface area contributed by atoms with Crippen LogP contribution in [0.2, 0.25) is 0 Å². The largest absolute Gasteiger partial charge is 0.478 e. The third kappa shape index (κ3) is 3.33. The molecule has 6 rings (SSSR count). The zero-order valence-corrected chi connectivity index (χ0v) is 17.9. The molecule has 4 saturated carbocycles. The Morgan fingerprint density at radius 1 is 1.00 bits per heavy atom. The van der Waals surface area contributed by atoms with Gasteiger partial charge in [-0.1, -0.05) is 12.1 Å². The van der Waals surface area contributed by atoms with Gasteiger partial charge >= 0.3 is 11.9 Å². The average Bonchev–Trinajstić information content (AvgIpc) is 2.72. The van der Waals surface area contributed by atoms with E-state index in [1.807, 2.05) is 18.2 Å². The van der Waals surface area contributed by atoms with E-state index >= 15 is 0 Å². The van der Waals surface area contributed by atoms with Crippen LogP contribution in [0.4, 0.5) is 0 Å². The summed E-state index contributed by atoms with van der Waals surface area (Å²) in [6.07, 6.45) is 9.91. The molecule has 0 unspecified atom stereocenters. The van der Waals surface area contributed by atoms with Gasteiger partial charge < -0.3 is 9.84 Å². The number of carboxylic acids is 1. The second kappa shape index (κ2) is 7.45. The SMILES string of the molecule is CSc1ccc(C(=O)Oc2ccccc2C(=O)O)cc1C12CC3CC(CC(C3)C1)C2. The molecule has 0 aromatic heterocycles. The van der Waals surface area contributed by atoms with E-state index < -0.39 is 11.9 Å². The van der Waals surface area contributed by atoms with E-state index in [1.54, 1.807) is 23.9 Å². The average molecular weight is 423 g/mol. The molecule has 4 fully saturated rings. The first-order valence-electron chi connectivity index (χ1n) is 10.7. The normalized spacial score (nSPS) is 29.0. The highest BCUT2D eigenvalue weighted by atomic mass is 32.2. The van der Waals surface area contributed by atoms with Crippen molar-refractivity contribution >= 4 is 23.7 Å². The number of esters is 1. The smallest absolute Gasteiger partial charge is 0.343 e.